The van der Waals surface area contributed by atoms with Gasteiger partial charge in [0.15, 0.2) is 0 Å². The van der Waals surface area contributed by atoms with Gasteiger partial charge < -0.3 is 4.74 Å². The summed E-state index contributed by atoms with van der Waals surface area (Å²) in [7, 11) is 2.31. The number of alkyl halides is 2. The smallest absolute Gasteiger partial charge is 0.238 e. The summed E-state index contributed by atoms with van der Waals surface area (Å²) in [5.41, 5.74) is 2.81. The molecule has 2 unspecified atom stereocenters. The largest absolute Gasteiger partial charge is 0.490 e. The van der Waals surface area contributed by atoms with Gasteiger partial charge in [0.05, 0.1) is 0 Å². The Morgan fingerprint density at radius 2 is 1.88 bits per heavy atom. The maximum Gasteiger partial charge on any atom is 0.238 e. The van der Waals surface area contributed by atoms with Crippen molar-refractivity contribution in [3.05, 3.63) is 29.3 Å². The number of hydrogen-bond donors (Lipinski definition) is 0. The van der Waals surface area contributed by atoms with Crippen molar-refractivity contribution in [2.75, 3.05) is 0 Å². The van der Waals surface area contributed by atoms with E-state index >= 15 is 0 Å². The first-order valence-electron chi connectivity index (χ1n) is 10.6. The number of fused-ring (bicyclic) bond motifs is 1. The molecule has 1 fully saturated rings. The minimum atomic E-state index is -2.14. The van der Waals surface area contributed by atoms with E-state index in [2.05, 4.69) is 33.0 Å². The number of ether oxygens (including phenoxy) is 1. The summed E-state index contributed by atoms with van der Waals surface area (Å²) < 4.78 is 31.2. The molecule has 1 heterocycles. The maximum absolute atomic E-state index is 12.4. The Balaban J connectivity index is 1.53. The van der Waals surface area contributed by atoms with Gasteiger partial charge in [-0.15, -0.1) is 0 Å². The standard InChI is InChI=1S/C22H33BF2O/c1-2-3-19(23)17-9-11-21-18(14-17)10-12-20(26-21)16-7-4-15(5-8-16)6-13-22(24)25/h9,11,14-16,19-20,22H,2-8,10,12-13,23H2,1H3. The van der Waals surface area contributed by atoms with Crippen LogP contribution in [0.3, 0.4) is 0 Å². The van der Waals surface area contributed by atoms with E-state index in [0.29, 0.717) is 30.2 Å². The van der Waals surface area contributed by atoms with E-state index in [0.717, 1.165) is 44.3 Å². The zero-order valence-corrected chi connectivity index (χ0v) is 16.4. The van der Waals surface area contributed by atoms with Crippen LogP contribution in [0.25, 0.3) is 0 Å². The topological polar surface area (TPSA) is 9.23 Å². The van der Waals surface area contributed by atoms with Gasteiger partial charge in [-0.25, -0.2) is 8.78 Å². The fraction of sp³-hybridized carbons (Fsp3) is 0.727. The van der Waals surface area contributed by atoms with Gasteiger partial charge in [0.1, 0.15) is 19.7 Å². The molecule has 0 amide bonds. The van der Waals surface area contributed by atoms with Gasteiger partial charge in [0.25, 0.3) is 0 Å². The third-order valence-electron chi connectivity index (χ3n) is 6.56. The minimum Gasteiger partial charge on any atom is -0.490 e. The quantitative estimate of drug-likeness (QED) is 0.565. The molecule has 3 rings (SSSR count). The van der Waals surface area contributed by atoms with Gasteiger partial charge >= 0.3 is 0 Å². The summed E-state index contributed by atoms with van der Waals surface area (Å²) in [6, 6.07) is 6.77. The van der Waals surface area contributed by atoms with E-state index in [1.54, 1.807) is 0 Å². The lowest BCUT2D eigenvalue weighted by atomic mass is 9.75. The van der Waals surface area contributed by atoms with Crippen molar-refractivity contribution in [1.82, 2.24) is 0 Å². The first-order chi connectivity index (χ1) is 12.6. The van der Waals surface area contributed by atoms with Crippen LogP contribution in [0.5, 0.6) is 5.75 Å². The Bertz CT molecular complexity index is 569. The summed E-state index contributed by atoms with van der Waals surface area (Å²) in [5, 5.41) is 0. The van der Waals surface area contributed by atoms with Gasteiger partial charge in [-0.2, -0.15) is 0 Å². The van der Waals surface area contributed by atoms with Crippen LogP contribution in [0.1, 0.15) is 81.7 Å². The zero-order chi connectivity index (χ0) is 18.5. The number of aryl methyl sites for hydroxylation is 1. The molecular formula is C22H33BF2O. The maximum atomic E-state index is 12.4. The summed E-state index contributed by atoms with van der Waals surface area (Å²) >= 11 is 0. The van der Waals surface area contributed by atoms with Gasteiger partial charge in [0, 0.05) is 6.42 Å². The molecule has 1 nitrogen and oxygen atoms in total. The summed E-state index contributed by atoms with van der Waals surface area (Å²) in [5.74, 6) is 2.79. The van der Waals surface area contributed by atoms with Crippen molar-refractivity contribution in [2.24, 2.45) is 11.8 Å². The van der Waals surface area contributed by atoms with Crippen molar-refractivity contribution < 1.29 is 13.5 Å². The molecule has 1 saturated carbocycles. The van der Waals surface area contributed by atoms with Gasteiger partial charge in [-0.1, -0.05) is 50.3 Å². The average Bonchev–Trinajstić information content (AvgIpc) is 2.66. The van der Waals surface area contributed by atoms with E-state index in [1.807, 2.05) is 0 Å². The molecule has 0 spiro atoms. The van der Waals surface area contributed by atoms with Crippen LogP contribution in [-0.4, -0.2) is 20.4 Å². The second kappa shape index (κ2) is 9.24. The van der Waals surface area contributed by atoms with Crippen LogP contribution >= 0.6 is 0 Å². The van der Waals surface area contributed by atoms with Crippen molar-refractivity contribution in [2.45, 2.75) is 89.5 Å². The average molecular weight is 362 g/mol. The second-order valence-electron chi connectivity index (χ2n) is 8.50. The van der Waals surface area contributed by atoms with Crippen molar-refractivity contribution in [3.63, 3.8) is 0 Å². The van der Waals surface area contributed by atoms with E-state index in [1.165, 1.54) is 24.0 Å². The SMILES string of the molecule is BC(CCC)c1ccc2c(c1)CCC(C1CCC(CCC(F)F)CC1)O2. The summed E-state index contributed by atoms with van der Waals surface area (Å²) in [6.45, 7) is 2.24. The number of hydrogen-bond acceptors (Lipinski definition) is 1. The number of rotatable bonds is 7. The second-order valence-corrected chi connectivity index (χ2v) is 8.50. The Hall–Kier alpha value is -1.06. The Morgan fingerprint density at radius 1 is 1.12 bits per heavy atom. The molecule has 1 aromatic carbocycles. The van der Waals surface area contributed by atoms with Crippen LogP contribution < -0.4 is 4.74 Å². The molecule has 144 valence electrons. The highest BCUT2D eigenvalue weighted by Crippen LogP contribution is 2.39. The lowest BCUT2D eigenvalue weighted by Crippen LogP contribution is -2.33. The fourth-order valence-electron chi connectivity index (χ4n) is 4.88. The Labute approximate surface area is 158 Å². The highest BCUT2D eigenvalue weighted by molar-refractivity contribution is 6.12. The molecular weight excluding hydrogens is 329 g/mol. The van der Waals surface area contributed by atoms with Crippen molar-refractivity contribution in [3.8, 4) is 5.75 Å². The third-order valence-corrected chi connectivity index (χ3v) is 6.56. The summed E-state index contributed by atoms with van der Waals surface area (Å²) in [4.78, 5) is 0. The van der Waals surface area contributed by atoms with Crippen LogP contribution in [0, 0.1) is 11.8 Å². The van der Waals surface area contributed by atoms with Crippen LogP contribution in [0.4, 0.5) is 8.78 Å². The van der Waals surface area contributed by atoms with Crippen molar-refractivity contribution >= 4 is 7.85 Å². The van der Waals surface area contributed by atoms with E-state index in [-0.39, 0.29) is 6.42 Å². The molecule has 4 heteroatoms. The van der Waals surface area contributed by atoms with Crippen LogP contribution in [-0.2, 0) is 6.42 Å². The lowest BCUT2D eigenvalue weighted by molar-refractivity contribution is 0.0697. The third kappa shape index (κ3) is 5.01. The normalized spacial score (nSPS) is 27.0. The van der Waals surface area contributed by atoms with Gasteiger partial charge in [-0.05, 0) is 61.4 Å². The molecule has 2 atom stereocenters. The van der Waals surface area contributed by atoms with Gasteiger partial charge in [0.2, 0.25) is 6.43 Å². The van der Waals surface area contributed by atoms with Crippen molar-refractivity contribution in [1.29, 1.82) is 0 Å². The lowest BCUT2D eigenvalue weighted by Gasteiger charge is -2.37. The molecule has 1 aliphatic heterocycles. The molecule has 1 aliphatic carbocycles. The molecule has 0 radical (unpaired) electrons. The Morgan fingerprint density at radius 3 is 2.58 bits per heavy atom. The van der Waals surface area contributed by atoms with E-state index in [4.69, 9.17) is 4.74 Å². The van der Waals surface area contributed by atoms with Crippen LogP contribution in [0.15, 0.2) is 18.2 Å². The van der Waals surface area contributed by atoms with E-state index in [9.17, 15) is 8.78 Å². The molecule has 2 aliphatic rings. The molecule has 0 N–H and O–H groups in total. The highest BCUT2D eigenvalue weighted by Gasteiger charge is 2.31. The predicted molar refractivity (Wildman–Crippen MR) is 106 cm³/mol. The van der Waals surface area contributed by atoms with Crippen LogP contribution in [0.2, 0.25) is 0 Å². The molecule has 0 saturated heterocycles. The number of benzene rings is 1. The van der Waals surface area contributed by atoms with Gasteiger partial charge in [-0.3, -0.25) is 0 Å². The molecule has 1 aromatic rings. The zero-order valence-electron chi connectivity index (χ0n) is 16.4. The fourth-order valence-corrected chi connectivity index (χ4v) is 4.88. The molecule has 26 heavy (non-hydrogen) atoms. The minimum absolute atomic E-state index is 0.0709. The molecule has 0 aromatic heterocycles. The first-order valence-corrected chi connectivity index (χ1v) is 10.6. The monoisotopic (exact) mass is 362 g/mol. The summed E-state index contributed by atoms with van der Waals surface area (Å²) in [6.07, 6.45) is 8.07. The first kappa shape index (κ1) is 19.7. The number of halogens is 2. The molecule has 0 bridgehead atoms. The Kier molecular flexibility index (Phi) is 7.00. The highest BCUT2D eigenvalue weighted by atomic mass is 19.3. The van der Waals surface area contributed by atoms with E-state index < -0.39 is 6.43 Å². The predicted octanol–water partition coefficient (Wildman–Crippen LogP) is 5.71.